The van der Waals surface area contributed by atoms with Gasteiger partial charge in [0.1, 0.15) is 0 Å². The van der Waals surface area contributed by atoms with Gasteiger partial charge in [0, 0.05) is 5.69 Å². The number of anilines is 1. The molecule has 3 aliphatic rings. The van der Waals surface area contributed by atoms with Gasteiger partial charge in [-0.3, -0.25) is 0 Å². The minimum absolute atomic E-state index is 0.176. The van der Waals surface area contributed by atoms with Crippen LogP contribution in [0.15, 0.2) is 23.8 Å². The van der Waals surface area contributed by atoms with Crippen LogP contribution in [-0.4, -0.2) is 12.2 Å². The average Bonchev–Trinajstić information content (AvgIpc) is 2.91. The SMILES string of the molecule is Nc1ccc2c(c1)CC/C2=C1\CCOC2(CCCCC2)C1. The first-order valence-electron chi connectivity index (χ1n) is 8.49. The summed E-state index contributed by atoms with van der Waals surface area (Å²) in [5.41, 5.74) is 13.2. The molecule has 4 rings (SSSR count). The van der Waals surface area contributed by atoms with Gasteiger partial charge in [0.15, 0.2) is 0 Å². The van der Waals surface area contributed by atoms with Crippen LogP contribution in [0.4, 0.5) is 5.69 Å². The highest BCUT2D eigenvalue weighted by atomic mass is 16.5. The Morgan fingerprint density at radius 1 is 1.00 bits per heavy atom. The van der Waals surface area contributed by atoms with E-state index >= 15 is 0 Å². The molecule has 1 aliphatic heterocycles. The maximum Gasteiger partial charge on any atom is 0.0719 e. The number of ether oxygens (including phenoxy) is 1. The second-order valence-corrected chi connectivity index (χ2v) is 7.02. The lowest BCUT2D eigenvalue weighted by atomic mass is 9.77. The Morgan fingerprint density at radius 2 is 1.86 bits per heavy atom. The molecule has 2 fully saturated rings. The quantitative estimate of drug-likeness (QED) is 0.712. The lowest BCUT2D eigenvalue weighted by Crippen LogP contribution is -2.39. The van der Waals surface area contributed by atoms with Gasteiger partial charge in [-0.2, -0.15) is 0 Å². The highest BCUT2D eigenvalue weighted by molar-refractivity contribution is 5.76. The van der Waals surface area contributed by atoms with Crippen LogP contribution < -0.4 is 5.73 Å². The molecule has 0 bridgehead atoms. The Bertz CT molecular complexity index is 576. The van der Waals surface area contributed by atoms with Crippen LogP contribution in [0.2, 0.25) is 0 Å². The number of rotatable bonds is 0. The summed E-state index contributed by atoms with van der Waals surface area (Å²) in [5.74, 6) is 0. The number of nitrogens with two attached hydrogens (primary N) is 1. The maximum absolute atomic E-state index is 6.25. The van der Waals surface area contributed by atoms with E-state index in [1.807, 2.05) is 0 Å². The molecule has 0 aromatic heterocycles. The zero-order valence-electron chi connectivity index (χ0n) is 12.8. The van der Waals surface area contributed by atoms with Gasteiger partial charge < -0.3 is 10.5 Å². The van der Waals surface area contributed by atoms with E-state index in [0.29, 0.717) is 0 Å². The molecule has 0 radical (unpaired) electrons. The number of hydrogen-bond acceptors (Lipinski definition) is 2. The predicted molar refractivity (Wildman–Crippen MR) is 87.1 cm³/mol. The molecule has 2 N–H and O–H groups in total. The van der Waals surface area contributed by atoms with Gasteiger partial charge in [-0.05, 0) is 67.4 Å². The van der Waals surface area contributed by atoms with E-state index in [0.717, 1.165) is 25.1 Å². The van der Waals surface area contributed by atoms with E-state index in [1.54, 1.807) is 11.1 Å². The molecule has 1 saturated carbocycles. The van der Waals surface area contributed by atoms with Crippen LogP contribution >= 0.6 is 0 Å². The van der Waals surface area contributed by atoms with Gasteiger partial charge in [0.25, 0.3) is 0 Å². The van der Waals surface area contributed by atoms with Crippen LogP contribution in [0.1, 0.15) is 62.5 Å². The van der Waals surface area contributed by atoms with Crippen molar-refractivity contribution in [1.29, 1.82) is 0 Å². The summed E-state index contributed by atoms with van der Waals surface area (Å²) in [6.45, 7) is 0.920. The van der Waals surface area contributed by atoms with Gasteiger partial charge in [0.05, 0.1) is 12.2 Å². The van der Waals surface area contributed by atoms with Gasteiger partial charge in [-0.1, -0.05) is 30.9 Å². The minimum atomic E-state index is 0.176. The molecule has 0 amide bonds. The second-order valence-electron chi connectivity index (χ2n) is 7.02. The number of benzene rings is 1. The second kappa shape index (κ2) is 5.17. The Labute approximate surface area is 127 Å². The minimum Gasteiger partial charge on any atom is -0.399 e. The van der Waals surface area contributed by atoms with Gasteiger partial charge in [-0.15, -0.1) is 0 Å². The molecule has 21 heavy (non-hydrogen) atoms. The monoisotopic (exact) mass is 283 g/mol. The fourth-order valence-electron chi connectivity index (χ4n) is 4.57. The third-order valence-electron chi connectivity index (χ3n) is 5.64. The first-order valence-corrected chi connectivity index (χ1v) is 8.49. The van der Waals surface area contributed by atoms with Crippen LogP contribution in [0.3, 0.4) is 0 Å². The smallest absolute Gasteiger partial charge is 0.0719 e. The summed E-state index contributed by atoms with van der Waals surface area (Å²) < 4.78 is 6.25. The Balaban J connectivity index is 1.67. The Kier molecular flexibility index (Phi) is 3.30. The summed E-state index contributed by atoms with van der Waals surface area (Å²) in [6, 6.07) is 6.46. The van der Waals surface area contributed by atoms with Crippen molar-refractivity contribution in [2.24, 2.45) is 0 Å². The van der Waals surface area contributed by atoms with Crippen LogP contribution in [0.25, 0.3) is 5.57 Å². The molecule has 2 aliphatic carbocycles. The number of fused-ring (bicyclic) bond motifs is 1. The third-order valence-corrected chi connectivity index (χ3v) is 5.64. The van der Waals surface area contributed by atoms with E-state index in [9.17, 15) is 0 Å². The van der Waals surface area contributed by atoms with Gasteiger partial charge in [0.2, 0.25) is 0 Å². The summed E-state index contributed by atoms with van der Waals surface area (Å²) in [4.78, 5) is 0. The lowest BCUT2D eigenvalue weighted by molar-refractivity contribution is -0.0837. The largest absolute Gasteiger partial charge is 0.399 e. The average molecular weight is 283 g/mol. The highest BCUT2D eigenvalue weighted by Gasteiger charge is 2.37. The fourth-order valence-corrected chi connectivity index (χ4v) is 4.57. The summed E-state index contributed by atoms with van der Waals surface area (Å²) in [7, 11) is 0. The first-order chi connectivity index (χ1) is 10.3. The van der Waals surface area contributed by atoms with E-state index in [1.165, 1.54) is 56.1 Å². The van der Waals surface area contributed by atoms with Crippen LogP contribution in [-0.2, 0) is 11.2 Å². The van der Waals surface area contributed by atoms with E-state index in [2.05, 4.69) is 18.2 Å². The highest BCUT2D eigenvalue weighted by Crippen LogP contribution is 2.45. The van der Waals surface area contributed by atoms with Crippen molar-refractivity contribution in [3.63, 3.8) is 0 Å². The molecule has 1 aromatic rings. The maximum atomic E-state index is 6.25. The molecule has 1 heterocycles. The van der Waals surface area contributed by atoms with Crippen molar-refractivity contribution < 1.29 is 4.74 Å². The number of nitrogen functional groups attached to an aromatic ring is 1. The standard InChI is InChI=1S/C19H25NO/c20-16-5-7-17-14(12-16)4-6-18(17)15-8-11-21-19(13-15)9-2-1-3-10-19/h5,7,12H,1-4,6,8-11,13,20H2/b18-15-. The molecule has 112 valence electrons. The van der Waals surface area contributed by atoms with Crippen molar-refractivity contribution in [3.8, 4) is 0 Å². The van der Waals surface area contributed by atoms with Crippen molar-refractivity contribution >= 4 is 11.3 Å². The predicted octanol–water partition coefficient (Wildman–Crippen LogP) is 4.48. The third kappa shape index (κ3) is 2.40. The number of allylic oxidation sites excluding steroid dienone is 1. The van der Waals surface area contributed by atoms with Crippen molar-refractivity contribution in [3.05, 3.63) is 34.9 Å². The molecule has 2 nitrogen and oxygen atoms in total. The molecular weight excluding hydrogens is 258 g/mol. The van der Waals surface area contributed by atoms with Crippen LogP contribution in [0.5, 0.6) is 0 Å². The zero-order chi connectivity index (χ0) is 14.3. The number of hydrogen-bond donors (Lipinski definition) is 1. The zero-order valence-corrected chi connectivity index (χ0v) is 12.8. The molecule has 2 heteroatoms. The molecule has 1 aromatic carbocycles. The van der Waals surface area contributed by atoms with Crippen molar-refractivity contribution in [2.75, 3.05) is 12.3 Å². The van der Waals surface area contributed by atoms with E-state index in [-0.39, 0.29) is 5.60 Å². The summed E-state index contributed by atoms with van der Waals surface area (Å²) >= 11 is 0. The Morgan fingerprint density at radius 3 is 2.71 bits per heavy atom. The van der Waals surface area contributed by atoms with Crippen LogP contribution in [0, 0.1) is 0 Å². The molecule has 1 saturated heterocycles. The van der Waals surface area contributed by atoms with Crippen molar-refractivity contribution in [2.45, 2.75) is 63.4 Å². The van der Waals surface area contributed by atoms with E-state index < -0.39 is 0 Å². The molecular formula is C19H25NO. The normalized spacial score (nSPS) is 27.8. The fraction of sp³-hybridized carbons (Fsp3) is 0.579. The number of aryl methyl sites for hydroxylation is 1. The Hall–Kier alpha value is -1.28. The van der Waals surface area contributed by atoms with Gasteiger partial charge in [-0.25, -0.2) is 0 Å². The van der Waals surface area contributed by atoms with Crippen molar-refractivity contribution in [1.82, 2.24) is 0 Å². The van der Waals surface area contributed by atoms with Gasteiger partial charge >= 0.3 is 0 Å². The summed E-state index contributed by atoms with van der Waals surface area (Å²) in [5, 5.41) is 0. The molecule has 0 atom stereocenters. The summed E-state index contributed by atoms with van der Waals surface area (Å²) in [6.07, 6.45) is 11.3. The topological polar surface area (TPSA) is 35.2 Å². The molecule has 0 unspecified atom stereocenters. The first kappa shape index (κ1) is 13.4. The molecule has 1 spiro atoms. The van der Waals surface area contributed by atoms with E-state index in [4.69, 9.17) is 10.5 Å². The lowest BCUT2D eigenvalue weighted by Gasteiger charge is -2.42.